The minimum Gasteiger partial charge on any atom is -0.319 e. The number of hydrogen-bond acceptors (Lipinski definition) is 4. The van der Waals surface area contributed by atoms with Crippen molar-refractivity contribution in [2.45, 2.75) is 0 Å². The van der Waals surface area contributed by atoms with Gasteiger partial charge >= 0.3 is 0 Å². The summed E-state index contributed by atoms with van der Waals surface area (Å²) in [5.74, 6) is -1.37. The van der Waals surface area contributed by atoms with Crippen LogP contribution >= 0.6 is 22.9 Å². The minimum atomic E-state index is -0.717. The Bertz CT molecular complexity index is 740. The van der Waals surface area contributed by atoms with Crippen molar-refractivity contribution < 1.29 is 8.78 Å². The highest BCUT2D eigenvalue weighted by molar-refractivity contribution is 7.16. The molecule has 96 valence electrons. The lowest BCUT2D eigenvalue weighted by atomic mass is 10.3. The summed E-state index contributed by atoms with van der Waals surface area (Å²) in [6, 6.07) is 5.37. The first-order valence-electron chi connectivity index (χ1n) is 5.27. The number of nitrogens with one attached hydrogen (secondary N) is 1. The number of benzene rings is 1. The van der Waals surface area contributed by atoms with Crippen LogP contribution in [0.5, 0.6) is 0 Å². The summed E-state index contributed by atoms with van der Waals surface area (Å²) in [5, 5.41) is 5.29. The van der Waals surface area contributed by atoms with Crippen LogP contribution in [0.3, 0.4) is 0 Å². The van der Waals surface area contributed by atoms with E-state index in [1.54, 1.807) is 6.07 Å². The number of nitrogens with zero attached hydrogens (tertiary/aromatic N) is 2. The maximum Gasteiger partial charge on any atom is 0.230 e. The molecule has 3 nitrogen and oxygen atoms in total. The van der Waals surface area contributed by atoms with Crippen LogP contribution in [0.15, 0.2) is 29.6 Å². The van der Waals surface area contributed by atoms with Crippen molar-refractivity contribution in [3.05, 3.63) is 46.4 Å². The molecule has 1 N–H and O–H groups in total. The van der Waals surface area contributed by atoms with Crippen LogP contribution in [-0.2, 0) is 0 Å². The lowest BCUT2D eigenvalue weighted by molar-refractivity contribution is 0.590. The highest BCUT2D eigenvalue weighted by Crippen LogP contribution is 2.28. The van der Waals surface area contributed by atoms with Gasteiger partial charge in [-0.25, -0.2) is 18.7 Å². The lowest BCUT2D eigenvalue weighted by Crippen LogP contribution is -2.01. The average molecular weight is 298 g/mol. The molecule has 0 aliphatic rings. The second-order valence-corrected chi connectivity index (χ2v) is 4.95. The van der Waals surface area contributed by atoms with Gasteiger partial charge in [0.2, 0.25) is 5.95 Å². The predicted octanol–water partition coefficient (Wildman–Crippen LogP) is 4.37. The van der Waals surface area contributed by atoms with Gasteiger partial charge in [-0.1, -0.05) is 17.7 Å². The third kappa shape index (κ3) is 2.24. The molecule has 0 saturated carbocycles. The van der Waals surface area contributed by atoms with Crippen molar-refractivity contribution in [2.75, 3.05) is 5.32 Å². The summed E-state index contributed by atoms with van der Waals surface area (Å²) in [6.07, 6.45) is 0. The van der Waals surface area contributed by atoms with Gasteiger partial charge in [0.05, 0.1) is 0 Å². The largest absolute Gasteiger partial charge is 0.319 e. The van der Waals surface area contributed by atoms with E-state index < -0.39 is 11.6 Å². The van der Waals surface area contributed by atoms with Gasteiger partial charge in [-0.2, -0.15) is 0 Å². The second kappa shape index (κ2) is 4.71. The Hall–Kier alpha value is -1.79. The highest BCUT2D eigenvalue weighted by atomic mass is 35.5. The predicted molar refractivity (Wildman–Crippen MR) is 72.1 cm³/mol. The maximum atomic E-state index is 13.5. The zero-order chi connectivity index (χ0) is 13.4. The third-order valence-electron chi connectivity index (χ3n) is 2.48. The number of thiophene rings is 1. The van der Waals surface area contributed by atoms with Crippen LogP contribution in [0, 0.1) is 11.6 Å². The molecule has 2 aromatic heterocycles. The Morgan fingerprint density at radius 2 is 1.84 bits per heavy atom. The molecule has 19 heavy (non-hydrogen) atoms. The van der Waals surface area contributed by atoms with Crippen LogP contribution in [0.4, 0.5) is 20.4 Å². The molecular formula is C12H6ClF2N3S. The van der Waals surface area contributed by atoms with Crippen LogP contribution in [0.2, 0.25) is 5.15 Å². The van der Waals surface area contributed by atoms with Gasteiger partial charge < -0.3 is 5.32 Å². The summed E-state index contributed by atoms with van der Waals surface area (Å²) < 4.78 is 27.0. The fraction of sp³-hybridized carbons (Fsp3) is 0. The molecule has 0 amide bonds. The molecule has 0 spiro atoms. The smallest absolute Gasteiger partial charge is 0.230 e. The Morgan fingerprint density at radius 1 is 1.11 bits per heavy atom. The molecule has 1 aromatic carbocycles. The molecule has 0 bridgehead atoms. The molecular weight excluding hydrogens is 292 g/mol. The van der Waals surface area contributed by atoms with Crippen molar-refractivity contribution in [2.24, 2.45) is 0 Å². The third-order valence-corrected chi connectivity index (χ3v) is 3.57. The van der Waals surface area contributed by atoms with Crippen LogP contribution in [0.25, 0.3) is 10.2 Å². The summed E-state index contributed by atoms with van der Waals surface area (Å²) in [7, 11) is 0. The molecule has 0 radical (unpaired) electrons. The molecule has 0 aliphatic heterocycles. The van der Waals surface area contributed by atoms with Gasteiger partial charge in [0.15, 0.2) is 0 Å². The van der Waals surface area contributed by atoms with Crippen molar-refractivity contribution in [1.82, 2.24) is 9.97 Å². The summed E-state index contributed by atoms with van der Waals surface area (Å²) in [5.41, 5.74) is -0.297. The summed E-state index contributed by atoms with van der Waals surface area (Å²) in [6.45, 7) is 0. The Balaban J connectivity index is 2.06. The Morgan fingerprint density at radius 3 is 2.58 bits per heavy atom. The minimum absolute atomic E-state index is 0.0592. The normalized spacial score (nSPS) is 10.9. The number of hydrogen-bond donors (Lipinski definition) is 1. The Labute approximate surface area is 115 Å². The fourth-order valence-electron chi connectivity index (χ4n) is 1.60. The molecule has 2 heterocycles. The van der Waals surface area contributed by atoms with E-state index in [9.17, 15) is 8.78 Å². The maximum absolute atomic E-state index is 13.5. The van der Waals surface area contributed by atoms with Crippen LogP contribution < -0.4 is 5.32 Å². The van der Waals surface area contributed by atoms with Crippen molar-refractivity contribution in [3.63, 3.8) is 0 Å². The molecule has 0 unspecified atom stereocenters. The summed E-state index contributed by atoms with van der Waals surface area (Å²) >= 11 is 7.35. The van der Waals surface area contributed by atoms with Gasteiger partial charge in [0.1, 0.15) is 27.3 Å². The van der Waals surface area contributed by atoms with E-state index in [-0.39, 0.29) is 16.8 Å². The van der Waals surface area contributed by atoms with E-state index >= 15 is 0 Å². The standard InChI is InChI=1S/C12H6ClF2N3S/c13-10-6-4-5-19-11(6)18-12(17-10)16-9-7(14)2-1-3-8(9)15/h1-5H,(H,16,17,18). The molecule has 0 aliphatic carbocycles. The monoisotopic (exact) mass is 297 g/mol. The zero-order valence-electron chi connectivity index (χ0n) is 9.32. The van der Waals surface area contributed by atoms with Crippen LogP contribution in [-0.4, -0.2) is 9.97 Å². The molecule has 0 fully saturated rings. The Kier molecular flexibility index (Phi) is 3.04. The van der Waals surface area contributed by atoms with E-state index in [0.29, 0.717) is 10.2 Å². The number of para-hydroxylation sites is 1. The van der Waals surface area contributed by atoms with Crippen molar-refractivity contribution in [1.29, 1.82) is 0 Å². The van der Waals surface area contributed by atoms with Crippen molar-refractivity contribution in [3.8, 4) is 0 Å². The van der Waals surface area contributed by atoms with E-state index in [1.165, 1.54) is 17.4 Å². The summed E-state index contributed by atoms with van der Waals surface area (Å²) in [4.78, 5) is 8.77. The number of fused-ring (bicyclic) bond motifs is 1. The highest BCUT2D eigenvalue weighted by Gasteiger charge is 2.12. The first kappa shape index (κ1) is 12.3. The number of anilines is 2. The fourth-order valence-corrected chi connectivity index (χ4v) is 2.66. The first-order chi connectivity index (χ1) is 9.15. The number of aromatic nitrogens is 2. The average Bonchev–Trinajstić information content (AvgIpc) is 2.83. The van der Waals surface area contributed by atoms with E-state index in [2.05, 4.69) is 15.3 Å². The van der Waals surface area contributed by atoms with Crippen molar-refractivity contribution >= 4 is 44.8 Å². The zero-order valence-corrected chi connectivity index (χ0v) is 10.9. The van der Waals surface area contributed by atoms with Gasteiger partial charge in [-0.3, -0.25) is 0 Å². The topological polar surface area (TPSA) is 37.8 Å². The number of rotatable bonds is 2. The quantitative estimate of drug-likeness (QED) is 0.714. The lowest BCUT2D eigenvalue weighted by Gasteiger charge is -2.07. The molecule has 0 atom stereocenters. The molecule has 7 heteroatoms. The van der Waals surface area contributed by atoms with E-state index in [4.69, 9.17) is 11.6 Å². The van der Waals surface area contributed by atoms with Crippen LogP contribution in [0.1, 0.15) is 0 Å². The number of halogens is 3. The second-order valence-electron chi connectivity index (χ2n) is 3.70. The van der Waals surface area contributed by atoms with E-state index in [0.717, 1.165) is 12.1 Å². The van der Waals surface area contributed by atoms with Gasteiger partial charge in [0, 0.05) is 5.39 Å². The first-order valence-corrected chi connectivity index (χ1v) is 6.52. The SMILES string of the molecule is Fc1cccc(F)c1Nc1nc(Cl)c2ccsc2n1. The van der Waals surface area contributed by atoms with Gasteiger partial charge in [-0.05, 0) is 23.6 Å². The molecule has 3 rings (SSSR count). The van der Waals surface area contributed by atoms with Gasteiger partial charge in [0.25, 0.3) is 0 Å². The molecule has 0 saturated heterocycles. The van der Waals surface area contributed by atoms with Gasteiger partial charge in [-0.15, -0.1) is 11.3 Å². The van der Waals surface area contributed by atoms with E-state index in [1.807, 2.05) is 5.38 Å². The molecule has 3 aromatic rings.